The fraction of sp³-hybridized carbons (Fsp3) is 0.227. The van der Waals surface area contributed by atoms with Crippen molar-refractivity contribution in [3.8, 4) is 22.9 Å². The normalized spacial score (nSPS) is 14.3. The van der Waals surface area contributed by atoms with E-state index in [1.807, 2.05) is 6.92 Å². The number of nitro benzene ring substituents is 1. The molecule has 0 radical (unpaired) electrons. The molecular weight excluding hydrogens is 462 g/mol. The molecule has 3 aromatic rings. The second-order valence-corrected chi connectivity index (χ2v) is 8.36. The van der Waals surface area contributed by atoms with Gasteiger partial charge in [-0.15, -0.1) is 10.2 Å². The smallest absolute Gasteiger partial charge is 0.308 e. The van der Waals surface area contributed by atoms with Crippen molar-refractivity contribution in [2.45, 2.75) is 32.2 Å². The molecule has 0 bridgehead atoms. The van der Waals surface area contributed by atoms with Gasteiger partial charge in [0.1, 0.15) is 5.75 Å². The number of nitrogens with zero attached hydrogens (tertiary/aromatic N) is 5. The molecule has 1 amide bonds. The van der Waals surface area contributed by atoms with E-state index in [1.54, 1.807) is 24.3 Å². The van der Waals surface area contributed by atoms with Crippen LogP contribution in [-0.4, -0.2) is 37.7 Å². The van der Waals surface area contributed by atoms with E-state index in [0.717, 1.165) is 0 Å². The number of non-ortho nitro benzene ring substituents is 1. The highest BCUT2D eigenvalue weighted by Gasteiger charge is 2.37. The molecule has 34 heavy (non-hydrogen) atoms. The standard InChI is InChI=1S/C22H19N5O6S/c1-4-34-22-23-20-19(24-25-22)15-7-5-6-8-17(15)26(12(2)28)21(33-20)16-11-14(27(30)31)9-10-18(16)32-13(3)29/h5-11,21H,4H2,1-3H3/t21-/m1/s1. The van der Waals surface area contributed by atoms with Crippen molar-refractivity contribution < 1.29 is 24.0 Å². The molecule has 4 rings (SSSR count). The molecule has 0 saturated carbocycles. The number of thioether (sulfide) groups is 1. The number of carbonyl (C=O) groups is 2. The van der Waals surface area contributed by atoms with Gasteiger partial charge in [0, 0.05) is 31.5 Å². The molecule has 174 valence electrons. The highest BCUT2D eigenvalue weighted by atomic mass is 32.2. The second-order valence-electron chi connectivity index (χ2n) is 7.13. The highest BCUT2D eigenvalue weighted by molar-refractivity contribution is 7.99. The number of benzene rings is 2. The Bertz CT molecular complexity index is 1300. The quantitative estimate of drug-likeness (QED) is 0.173. The lowest BCUT2D eigenvalue weighted by Crippen LogP contribution is -2.36. The summed E-state index contributed by atoms with van der Waals surface area (Å²) in [4.78, 5) is 41.4. The van der Waals surface area contributed by atoms with Crippen LogP contribution in [0.3, 0.4) is 0 Å². The van der Waals surface area contributed by atoms with Crippen LogP contribution in [0, 0.1) is 10.1 Å². The fourth-order valence-corrected chi connectivity index (χ4v) is 4.04. The summed E-state index contributed by atoms with van der Waals surface area (Å²) in [7, 11) is 0. The molecule has 0 spiro atoms. The van der Waals surface area contributed by atoms with Crippen LogP contribution < -0.4 is 14.4 Å². The Labute approximate surface area is 198 Å². The number of hydrogen-bond acceptors (Lipinski definition) is 10. The van der Waals surface area contributed by atoms with Crippen LogP contribution in [0.4, 0.5) is 11.4 Å². The summed E-state index contributed by atoms with van der Waals surface area (Å²) in [6.07, 6.45) is -1.25. The van der Waals surface area contributed by atoms with E-state index in [1.165, 1.54) is 48.7 Å². The number of aromatic nitrogens is 3. The van der Waals surface area contributed by atoms with Crippen LogP contribution in [0.1, 0.15) is 32.6 Å². The van der Waals surface area contributed by atoms with Gasteiger partial charge in [0.05, 0.1) is 16.2 Å². The monoisotopic (exact) mass is 481 g/mol. The van der Waals surface area contributed by atoms with Crippen LogP contribution in [0.15, 0.2) is 47.6 Å². The Hall–Kier alpha value is -4.06. The van der Waals surface area contributed by atoms with Gasteiger partial charge in [-0.25, -0.2) is 0 Å². The van der Waals surface area contributed by atoms with Crippen LogP contribution in [0.5, 0.6) is 11.6 Å². The predicted octanol–water partition coefficient (Wildman–Crippen LogP) is 3.93. The zero-order valence-electron chi connectivity index (χ0n) is 18.4. The zero-order chi connectivity index (χ0) is 24.4. The van der Waals surface area contributed by atoms with Gasteiger partial charge in [0.2, 0.25) is 23.2 Å². The molecule has 0 unspecified atom stereocenters. The molecular formula is C22H19N5O6S. The van der Waals surface area contributed by atoms with Crippen molar-refractivity contribution in [1.29, 1.82) is 0 Å². The van der Waals surface area contributed by atoms with E-state index in [2.05, 4.69) is 15.2 Å². The summed E-state index contributed by atoms with van der Waals surface area (Å²) in [5.41, 5.74) is 1.13. The van der Waals surface area contributed by atoms with Crippen molar-refractivity contribution in [2.75, 3.05) is 10.7 Å². The molecule has 2 heterocycles. The van der Waals surface area contributed by atoms with E-state index in [4.69, 9.17) is 9.47 Å². The van der Waals surface area contributed by atoms with E-state index >= 15 is 0 Å². The summed E-state index contributed by atoms with van der Waals surface area (Å²) in [6.45, 7) is 4.48. The lowest BCUT2D eigenvalue weighted by molar-refractivity contribution is -0.385. The Morgan fingerprint density at radius 3 is 2.65 bits per heavy atom. The minimum Gasteiger partial charge on any atom is -0.447 e. The van der Waals surface area contributed by atoms with Gasteiger partial charge in [-0.2, -0.15) is 4.98 Å². The van der Waals surface area contributed by atoms with Crippen LogP contribution in [0.2, 0.25) is 0 Å². The lowest BCUT2D eigenvalue weighted by atomic mass is 10.1. The summed E-state index contributed by atoms with van der Waals surface area (Å²) < 4.78 is 11.5. The molecule has 12 heteroatoms. The average Bonchev–Trinajstić information content (AvgIpc) is 2.93. The Morgan fingerprint density at radius 2 is 1.97 bits per heavy atom. The summed E-state index contributed by atoms with van der Waals surface area (Å²) >= 11 is 1.35. The maximum atomic E-state index is 12.9. The van der Waals surface area contributed by atoms with Gasteiger partial charge >= 0.3 is 5.97 Å². The number of fused-ring (bicyclic) bond motifs is 3. The Morgan fingerprint density at radius 1 is 1.21 bits per heavy atom. The van der Waals surface area contributed by atoms with Crippen molar-refractivity contribution in [1.82, 2.24) is 15.2 Å². The Kier molecular flexibility index (Phi) is 6.41. The van der Waals surface area contributed by atoms with E-state index in [0.29, 0.717) is 27.9 Å². The minimum absolute atomic E-state index is 0.0143. The summed E-state index contributed by atoms with van der Waals surface area (Å²) in [5.74, 6) is -0.249. The number of nitro groups is 1. The first kappa shape index (κ1) is 23.1. The number of amides is 1. The third-order valence-corrected chi connectivity index (χ3v) is 5.57. The van der Waals surface area contributed by atoms with Crippen molar-refractivity contribution in [2.24, 2.45) is 0 Å². The SMILES string of the molecule is CCSc1nnc2c(n1)O[C@H](c1cc([N+](=O)[O-])ccc1OC(C)=O)N(C(C)=O)c1ccccc1-2. The number of rotatable bonds is 5. The van der Waals surface area contributed by atoms with Crippen LogP contribution >= 0.6 is 11.8 Å². The average molecular weight is 481 g/mol. The van der Waals surface area contributed by atoms with E-state index in [9.17, 15) is 19.7 Å². The van der Waals surface area contributed by atoms with Gasteiger partial charge in [-0.3, -0.25) is 24.6 Å². The van der Waals surface area contributed by atoms with Crippen molar-refractivity contribution >= 4 is 35.0 Å². The number of ether oxygens (including phenoxy) is 2. The molecule has 1 aromatic heterocycles. The molecule has 11 nitrogen and oxygen atoms in total. The maximum Gasteiger partial charge on any atom is 0.308 e. The number of para-hydroxylation sites is 1. The van der Waals surface area contributed by atoms with Gasteiger partial charge in [-0.1, -0.05) is 36.9 Å². The molecule has 1 atom stereocenters. The maximum absolute atomic E-state index is 12.9. The first-order chi connectivity index (χ1) is 16.3. The lowest BCUT2D eigenvalue weighted by Gasteiger charge is -2.30. The second kappa shape index (κ2) is 9.43. The van der Waals surface area contributed by atoms with Gasteiger partial charge in [-0.05, 0) is 17.9 Å². The van der Waals surface area contributed by atoms with E-state index < -0.39 is 23.0 Å². The molecule has 1 aliphatic heterocycles. The van der Waals surface area contributed by atoms with Crippen LogP contribution in [-0.2, 0) is 9.59 Å². The van der Waals surface area contributed by atoms with Gasteiger partial charge in [0.25, 0.3) is 5.69 Å². The van der Waals surface area contributed by atoms with Crippen molar-refractivity contribution in [3.63, 3.8) is 0 Å². The van der Waals surface area contributed by atoms with Gasteiger partial charge < -0.3 is 9.47 Å². The third-order valence-electron chi connectivity index (χ3n) is 4.85. The predicted molar refractivity (Wildman–Crippen MR) is 123 cm³/mol. The Balaban J connectivity index is 2.00. The number of esters is 1. The molecule has 0 fully saturated rings. The van der Waals surface area contributed by atoms with E-state index in [-0.39, 0.29) is 22.9 Å². The first-order valence-corrected chi connectivity index (χ1v) is 11.2. The zero-order valence-corrected chi connectivity index (χ0v) is 19.2. The summed E-state index contributed by atoms with van der Waals surface area (Å²) in [6, 6.07) is 10.7. The van der Waals surface area contributed by atoms with Crippen LogP contribution in [0.25, 0.3) is 11.3 Å². The topological polar surface area (TPSA) is 138 Å². The summed E-state index contributed by atoms with van der Waals surface area (Å²) in [5, 5.41) is 20.3. The molecule has 2 aromatic carbocycles. The highest BCUT2D eigenvalue weighted by Crippen LogP contribution is 2.45. The number of anilines is 1. The third kappa shape index (κ3) is 4.39. The first-order valence-electron chi connectivity index (χ1n) is 10.2. The molecule has 1 aliphatic rings. The van der Waals surface area contributed by atoms with Crippen molar-refractivity contribution in [3.05, 3.63) is 58.1 Å². The fourth-order valence-electron chi connectivity index (χ4n) is 3.54. The molecule has 0 aliphatic carbocycles. The number of hydrogen-bond donors (Lipinski definition) is 0. The number of carbonyl (C=O) groups excluding carboxylic acids is 2. The van der Waals surface area contributed by atoms with Gasteiger partial charge in [0.15, 0.2) is 5.69 Å². The minimum atomic E-state index is -1.25. The largest absolute Gasteiger partial charge is 0.447 e. The molecule has 0 saturated heterocycles. The molecule has 0 N–H and O–H groups in total.